The molecule has 1 aromatic rings. The van der Waals surface area contributed by atoms with Gasteiger partial charge in [-0.15, -0.1) is 0 Å². The SMILES string of the molecule is COCc1cc(Br)c(F)c(C(C)CN)c1. The number of nitrogens with two attached hydrogens (primary N) is 1. The van der Waals surface area contributed by atoms with Gasteiger partial charge >= 0.3 is 0 Å². The second kappa shape index (κ2) is 5.58. The quantitative estimate of drug-likeness (QED) is 0.917. The predicted octanol–water partition coefficient (Wildman–Crippen LogP) is 2.80. The summed E-state index contributed by atoms with van der Waals surface area (Å²) in [5.74, 6) is -0.217. The number of rotatable bonds is 4. The number of hydrogen-bond acceptors (Lipinski definition) is 2. The minimum atomic E-state index is -0.229. The third kappa shape index (κ3) is 3.00. The molecule has 0 fully saturated rings. The molecule has 0 aliphatic rings. The van der Waals surface area contributed by atoms with Crippen molar-refractivity contribution in [1.82, 2.24) is 0 Å². The van der Waals surface area contributed by atoms with E-state index in [1.54, 1.807) is 19.2 Å². The van der Waals surface area contributed by atoms with Gasteiger partial charge in [-0.2, -0.15) is 0 Å². The van der Waals surface area contributed by atoms with E-state index >= 15 is 0 Å². The van der Waals surface area contributed by atoms with E-state index in [2.05, 4.69) is 15.9 Å². The molecule has 1 unspecified atom stereocenters. The second-order valence-electron chi connectivity index (χ2n) is 3.55. The minimum absolute atomic E-state index is 0.0121. The molecule has 0 radical (unpaired) electrons. The Labute approximate surface area is 97.7 Å². The van der Waals surface area contributed by atoms with E-state index in [0.29, 0.717) is 23.2 Å². The Morgan fingerprint density at radius 1 is 1.53 bits per heavy atom. The lowest BCUT2D eigenvalue weighted by molar-refractivity contribution is 0.184. The second-order valence-corrected chi connectivity index (χ2v) is 4.40. The predicted molar refractivity (Wildman–Crippen MR) is 62.3 cm³/mol. The molecular weight excluding hydrogens is 261 g/mol. The van der Waals surface area contributed by atoms with Crippen molar-refractivity contribution in [2.24, 2.45) is 5.73 Å². The number of ether oxygens (including phenoxy) is 1. The maximum absolute atomic E-state index is 13.7. The third-order valence-electron chi connectivity index (χ3n) is 2.31. The van der Waals surface area contributed by atoms with Gasteiger partial charge < -0.3 is 10.5 Å². The zero-order valence-corrected chi connectivity index (χ0v) is 10.5. The van der Waals surface area contributed by atoms with Crippen molar-refractivity contribution in [3.8, 4) is 0 Å². The number of benzene rings is 1. The monoisotopic (exact) mass is 275 g/mol. The first-order valence-electron chi connectivity index (χ1n) is 4.77. The first-order valence-corrected chi connectivity index (χ1v) is 5.56. The van der Waals surface area contributed by atoms with E-state index in [0.717, 1.165) is 5.56 Å². The summed E-state index contributed by atoms with van der Waals surface area (Å²) in [5, 5.41) is 0. The molecule has 0 spiro atoms. The van der Waals surface area contributed by atoms with Crippen molar-refractivity contribution < 1.29 is 9.13 Å². The fourth-order valence-electron chi connectivity index (χ4n) is 1.40. The van der Waals surface area contributed by atoms with Gasteiger partial charge in [0.25, 0.3) is 0 Å². The fourth-order valence-corrected chi connectivity index (χ4v) is 1.93. The maximum Gasteiger partial charge on any atom is 0.140 e. The van der Waals surface area contributed by atoms with Gasteiger partial charge in [0.15, 0.2) is 0 Å². The molecular formula is C11H15BrFNO. The van der Waals surface area contributed by atoms with Crippen LogP contribution in [0.2, 0.25) is 0 Å². The van der Waals surface area contributed by atoms with E-state index in [9.17, 15) is 4.39 Å². The van der Waals surface area contributed by atoms with Crippen LogP contribution in [-0.2, 0) is 11.3 Å². The molecule has 4 heteroatoms. The van der Waals surface area contributed by atoms with Crippen molar-refractivity contribution >= 4 is 15.9 Å². The number of hydrogen-bond donors (Lipinski definition) is 1. The van der Waals surface area contributed by atoms with Crippen LogP contribution in [0.15, 0.2) is 16.6 Å². The molecule has 0 amide bonds. The number of methoxy groups -OCH3 is 1. The summed E-state index contributed by atoms with van der Waals surface area (Å²) >= 11 is 3.19. The molecule has 1 atom stereocenters. The molecule has 0 aliphatic heterocycles. The summed E-state index contributed by atoms with van der Waals surface area (Å²) in [4.78, 5) is 0. The van der Waals surface area contributed by atoms with Crippen molar-refractivity contribution in [3.05, 3.63) is 33.5 Å². The van der Waals surface area contributed by atoms with Crippen LogP contribution in [-0.4, -0.2) is 13.7 Å². The van der Waals surface area contributed by atoms with Crippen LogP contribution in [0.5, 0.6) is 0 Å². The summed E-state index contributed by atoms with van der Waals surface area (Å²) in [6.45, 7) is 2.81. The van der Waals surface area contributed by atoms with Crippen molar-refractivity contribution in [1.29, 1.82) is 0 Å². The Morgan fingerprint density at radius 3 is 2.73 bits per heavy atom. The Balaban J connectivity index is 3.12. The van der Waals surface area contributed by atoms with Gasteiger partial charge in [-0.1, -0.05) is 13.0 Å². The Bertz CT molecular complexity index is 344. The molecule has 0 aliphatic carbocycles. The highest BCUT2D eigenvalue weighted by atomic mass is 79.9. The van der Waals surface area contributed by atoms with Crippen molar-refractivity contribution in [2.45, 2.75) is 19.4 Å². The summed E-state index contributed by atoms with van der Waals surface area (Å²) in [6.07, 6.45) is 0. The van der Waals surface area contributed by atoms with Gasteiger partial charge in [0.2, 0.25) is 0 Å². The van der Waals surface area contributed by atoms with Crippen LogP contribution in [0.25, 0.3) is 0 Å². The van der Waals surface area contributed by atoms with Gasteiger partial charge in [-0.05, 0) is 45.6 Å². The molecule has 1 rings (SSSR count). The molecule has 2 nitrogen and oxygen atoms in total. The van der Waals surface area contributed by atoms with Gasteiger partial charge in [-0.25, -0.2) is 4.39 Å². The molecule has 0 saturated heterocycles. The van der Waals surface area contributed by atoms with Gasteiger partial charge in [0.05, 0.1) is 11.1 Å². The highest BCUT2D eigenvalue weighted by Crippen LogP contribution is 2.26. The van der Waals surface area contributed by atoms with Crippen LogP contribution >= 0.6 is 15.9 Å². The standard InChI is InChI=1S/C11H15BrFNO/c1-7(5-14)9-3-8(6-15-2)4-10(12)11(9)13/h3-4,7H,5-6,14H2,1-2H3. The van der Waals surface area contributed by atoms with E-state index in [4.69, 9.17) is 10.5 Å². The zero-order chi connectivity index (χ0) is 11.4. The lowest BCUT2D eigenvalue weighted by atomic mass is 9.99. The first kappa shape index (κ1) is 12.6. The topological polar surface area (TPSA) is 35.2 Å². The molecule has 1 aromatic carbocycles. The minimum Gasteiger partial charge on any atom is -0.380 e. The molecule has 0 bridgehead atoms. The van der Waals surface area contributed by atoms with Crippen molar-refractivity contribution in [2.75, 3.05) is 13.7 Å². The van der Waals surface area contributed by atoms with Crippen LogP contribution in [0.3, 0.4) is 0 Å². The lowest BCUT2D eigenvalue weighted by Gasteiger charge is -2.13. The van der Waals surface area contributed by atoms with Crippen LogP contribution in [0.4, 0.5) is 4.39 Å². The van der Waals surface area contributed by atoms with E-state index in [1.807, 2.05) is 6.92 Å². The van der Waals surface area contributed by atoms with E-state index < -0.39 is 0 Å². The highest BCUT2D eigenvalue weighted by Gasteiger charge is 2.13. The van der Waals surface area contributed by atoms with Crippen LogP contribution < -0.4 is 5.73 Å². The summed E-state index contributed by atoms with van der Waals surface area (Å²) in [6, 6.07) is 3.53. The average Bonchev–Trinajstić information content (AvgIpc) is 2.22. The largest absolute Gasteiger partial charge is 0.380 e. The van der Waals surface area contributed by atoms with E-state index in [1.165, 1.54) is 0 Å². The molecule has 2 N–H and O–H groups in total. The summed E-state index contributed by atoms with van der Waals surface area (Å²) in [5.41, 5.74) is 7.12. The molecule has 0 heterocycles. The Morgan fingerprint density at radius 2 is 2.20 bits per heavy atom. The molecule has 0 aromatic heterocycles. The molecule has 15 heavy (non-hydrogen) atoms. The highest BCUT2D eigenvalue weighted by molar-refractivity contribution is 9.10. The Hall–Kier alpha value is -0.450. The van der Waals surface area contributed by atoms with Gasteiger partial charge in [-0.3, -0.25) is 0 Å². The molecule has 84 valence electrons. The maximum atomic E-state index is 13.7. The average molecular weight is 276 g/mol. The summed E-state index contributed by atoms with van der Waals surface area (Å²) < 4.78 is 19.2. The first-order chi connectivity index (χ1) is 7.10. The van der Waals surface area contributed by atoms with Crippen LogP contribution in [0, 0.1) is 5.82 Å². The lowest BCUT2D eigenvalue weighted by Crippen LogP contribution is -2.11. The van der Waals surface area contributed by atoms with Gasteiger partial charge in [0, 0.05) is 7.11 Å². The van der Waals surface area contributed by atoms with Gasteiger partial charge in [0.1, 0.15) is 5.82 Å². The normalized spacial score (nSPS) is 12.9. The van der Waals surface area contributed by atoms with E-state index in [-0.39, 0.29) is 11.7 Å². The molecule has 0 saturated carbocycles. The Kier molecular flexibility index (Phi) is 4.70. The number of halogens is 2. The van der Waals surface area contributed by atoms with Crippen LogP contribution in [0.1, 0.15) is 24.0 Å². The zero-order valence-electron chi connectivity index (χ0n) is 8.89. The fraction of sp³-hybridized carbons (Fsp3) is 0.455. The third-order valence-corrected chi connectivity index (χ3v) is 2.89. The smallest absolute Gasteiger partial charge is 0.140 e. The van der Waals surface area contributed by atoms with Crippen molar-refractivity contribution in [3.63, 3.8) is 0 Å². The summed E-state index contributed by atoms with van der Waals surface area (Å²) in [7, 11) is 1.61.